The first-order valence-electron chi connectivity index (χ1n) is 7.72. The van der Waals surface area contributed by atoms with Crippen molar-refractivity contribution in [1.82, 2.24) is 0 Å². The van der Waals surface area contributed by atoms with Crippen LogP contribution in [0, 0.1) is 6.92 Å². The molecule has 0 unspecified atom stereocenters. The Hall–Kier alpha value is -2.62. The topological polar surface area (TPSA) is 66.4 Å². The molecule has 1 amide bonds. The molecular weight excluding hydrogens is 290 g/mol. The molecule has 0 aliphatic rings. The quantitative estimate of drug-likeness (QED) is 0.852. The highest BCUT2D eigenvalue weighted by atomic mass is 16.4. The lowest BCUT2D eigenvalue weighted by atomic mass is 10.0. The molecule has 0 aromatic heterocycles. The molecule has 0 bridgehead atoms. The van der Waals surface area contributed by atoms with Crippen LogP contribution >= 0.6 is 0 Å². The number of para-hydroxylation sites is 1. The number of nitrogens with one attached hydrogen (secondary N) is 1. The monoisotopic (exact) mass is 311 g/mol. The molecule has 2 rings (SSSR count). The summed E-state index contributed by atoms with van der Waals surface area (Å²) in [5.41, 5.74) is 4.30. The first kappa shape index (κ1) is 16.7. The van der Waals surface area contributed by atoms with Gasteiger partial charge in [0.2, 0.25) is 5.91 Å². The largest absolute Gasteiger partial charge is 0.478 e. The van der Waals surface area contributed by atoms with Gasteiger partial charge in [-0.3, -0.25) is 4.79 Å². The molecule has 2 N–H and O–H groups in total. The van der Waals surface area contributed by atoms with Crippen molar-refractivity contribution >= 4 is 17.6 Å². The highest BCUT2D eigenvalue weighted by Crippen LogP contribution is 2.21. The molecule has 0 saturated carbocycles. The molecule has 0 fully saturated rings. The lowest BCUT2D eigenvalue weighted by Crippen LogP contribution is -2.14. The Kier molecular flexibility index (Phi) is 5.52. The maximum atomic E-state index is 12.2. The molecule has 120 valence electrons. The number of carbonyl (C=O) groups is 2. The van der Waals surface area contributed by atoms with Gasteiger partial charge in [0.15, 0.2) is 0 Å². The molecule has 0 saturated heterocycles. The van der Waals surface area contributed by atoms with Crippen LogP contribution in [0.5, 0.6) is 0 Å². The third kappa shape index (κ3) is 4.42. The number of carboxylic acids is 1. The summed E-state index contributed by atoms with van der Waals surface area (Å²) < 4.78 is 0. The normalized spacial score (nSPS) is 10.3. The minimum absolute atomic E-state index is 0.0312. The van der Waals surface area contributed by atoms with Crippen LogP contribution in [0.3, 0.4) is 0 Å². The predicted molar refractivity (Wildman–Crippen MR) is 90.9 cm³/mol. The van der Waals surface area contributed by atoms with E-state index < -0.39 is 5.97 Å². The number of hydrogen-bond acceptors (Lipinski definition) is 2. The molecule has 2 aromatic carbocycles. The van der Waals surface area contributed by atoms with Gasteiger partial charge in [-0.05, 0) is 48.6 Å². The molecule has 4 nitrogen and oxygen atoms in total. The number of anilines is 1. The first-order valence-corrected chi connectivity index (χ1v) is 7.72. The van der Waals surface area contributed by atoms with Gasteiger partial charge >= 0.3 is 5.97 Å². The van der Waals surface area contributed by atoms with Crippen LogP contribution in [0.2, 0.25) is 0 Å². The summed E-state index contributed by atoms with van der Waals surface area (Å²) in [6.45, 7) is 4.05. The van der Waals surface area contributed by atoms with Gasteiger partial charge in [0.1, 0.15) is 0 Å². The smallest absolute Gasteiger partial charge is 0.335 e. The van der Waals surface area contributed by atoms with Crippen molar-refractivity contribution in [2.45, 2.75) is 33.1 Å². The van der Waals surface area contributed by atoms with Gasteiger partial charge in [-0.15, -0.1) is 0 Å². The Bertz CT molecular complexity index is 705. The van der Waals surface area contributed by atoms with Crippen molar-refractivity contribution < 1.29 is 14.7 Å². The highest BCUT2D eigenvalue weighted by Gasteiger charge is 2.09. The van der Waals surface area contributed by atoms with Crippen molar-refractivity contribution in [3.05, 3.63) is 64.7 Å². The second kappa shape index (κ2) is 7.58. The van der Waals surface area contributed by atoms with Gasteiger partial charge in [0.05, 0.1) is 5.56 Å². The number of benzene rings is 2. The molecule has 0 heterocycles. The van der Waals surface area contributed by atoms with E-state index >= 15 is 0 Å². The van der Waals surface area contributed by atoms with Crippen molar-refractivity contribution in [2.75, 3.05) is 5.32 Å². The van der Waals surface area contributed by atoms with Gasteiger partial charge in [-0.2, -0.15) is 0 Å². The van der Waals surface area contributed by atoms with Gasteiger partial charge in [-0.25, -0.2) is 4.79 Å². The average Bonchev–Trinajstić information content (AvgIpc) is 2.55. The van der Waals surface area contributed by atoms with E-state index in [1.807, 2.05) is 25.1 Å². The first-order chi connectivity index (χ1) is 11.0. The van der Waals surface area contributed by atoms with Gasteiger partial charge in [0, 0.05) is 12.1 Å². The summed E-state index contributed by atoms with van der Waals surface area (Å²) in [5.74, 6) is -0.975. The van der Waals surface area contributed by atoms with E-state index in [1.165, 1.54) is 0 Å². The molecule has 0 aliphatic heterocycles. The van der Waals surface area contributed by atoms with E-state index in [9.17, 15) is 9.59 Å². The number of hydrogen-bond donors (Lipinski definition) is 2. The molecular formula is C19H21NO3. The third-order valence-corrected chi connectivity index (χ3v) is 3.85. The number of aryl methyl sites for hydroxylation is 3. The minimum atomic E-state index is -0.944. The van der Waals surface area contributed by atoms with Crippen LogP contribution in [0.4, 0.5) is 5.69 Å². The van der Waals surface area contributed by atoms with E-state index in [1.54, 1.807) is 24.3 Å². The molecule has 2 aromatic rings. The van der Waals surface area contributed by atoms with Crippen LogP contribution in [0.1, 0.15) is 40.4 Å². The zero-order valence-electron chi connectivity index (χ0n) is 13.4. The van der Waals surface area contributed by atoms with Crippen LogP contribution < -0.4 is 5.32 Å². The number of carbonyl (C=O) groups excluding carboxylic acids is 1. The molecule has 23 heavy (non-hydrogen) atoms. The summed E-state index contributed by atoms with van der Waals surface area (Å²) in [6, 6.07) is 12.6. The lowest BCUT2D eigenvalue weighted by molar-refractivity contribution is -0.116. The third-order valence-electron chi connectivity index (χ3n) is 3.85. The van der Waals surface area contributed by atoms with Crippen LogP contribution in [0.25, 0.3) is 0 Å². The van der Waals surface area contributed by atoms with Crippen molar-refractivity contribution in [1.29, 1.82) is 0 Å². The van der Waals surface area contributed by atoms with Gasteiger partial charge in [0.25, 0.3) is 0 Å². The number of amides is 1. The van der Waals surface area contributed by atoms with Crippen molar-refractivity contribution in [2.24, 2.45) is 0 Å². The number of carboxylic acid groups (broad SMARTS) is 1. The summed E-state index contributed by atoms with van der Waals surface area (Å²) in [6.07, 6.45) is 1.82. The zero-order valence-corrected chi connectivity index (χ0v) is 13.4. The molecule has 0 spiro atoms. The predicted octanol–water partition coefficient (Wildman–Crippen LogP) is 3.83. The van der Waals surface area contributed by atoms with E-state index in [2.05, 4.69) is 12.2 Å². The van der Waals surface area contributed by atoms with E-state index in [-0.39, 0.29) is 11.5 Å². The molecule has 0 atom stereocenters. The Morgan fingerprint density at radius 3 is 2.39 bits per heavy atom. The highest BCUT2D eigenvalue weighted by molar-refractivity contribution is 5.92. The molecule has 0 radical (unpaired) electrons. The summed E-state index contributed by atoms with van der Waals surface area (Å²) in [7, 11) is 0. The Labute approximate surface area is 136 Å². The fraction of sp³-hybridized carbons (Fsp3) is 0.263. The second-order valence-electron chi connectivity index (χ2n) is 5.51. The van der Waals surface area contributed by atoms with Crippen LogP contribution in [-0.4, -0.2) is 17.0 Å². The Morgan fingerprint density at radius 2 is 1.78 bits per heavy atom. The Balaban J connectivity index is 1.97. The minimum Gasteiger partial charge on any atom is -0.478 e. The van der Waals surface area contributed by atoms with Crippen LogP contribution in [0.15, 0.2) is 42.5 Å². The number of aromatic carboxylic acids is 1. The van der Waals surface area contributed by atoms with E-state index in [0.717, 1.165) is 28.8 Å². The van der Waals surface area contributed by atoms with Gasteiger partial charge < -0.3 is 10.4 Å². The summed E-state index contributed by atoms with van der Waals surface area (Å²) in [5, 5.41) is 11.9. The lowest BCUT2D eigenvalue weighted by Gasteiger charge is -2.13. The maximum absolute atomic E-state index is 12.2. The Morgan fingerprint density at radius 1 is 1.09 bits per heavy atom. The van der Waals surface area contributed by atoms with Crippen LogP contribution in [-0.2, 0) is 17.6 Å². The second-order valence-corrected chi connectivity index (χ2v) is 5.51. The van der Waals surface area contributed by atoms with E-state index in [4.69, 9.17) is 5.11 Å². The summed E-state index contributed by atoms with van der Waals surface area (Å²) in [4.78, 5) is 23.0. The average molecular weight is 311 g/mol. The molecule has 4 heteroatoms. The van der Waals surface area contributed by atoms with Crippen molar-refractivity contribution in [3.63, 3.8) is 0 Å². The maximum Gasteiger partial charge on any atom is 0.335 e. The fourth-order valence-corrected chi connectivity index (χ4v) is 2.48. The van der Waals surface area contributed by atoms with Gasteiger partial charge in [-0.1, -0.05) is 37.3 Å². The zero-order chi connectivity index (χ0) is 16.8. The summed E-state index contributed by atoms with van der Waals surface area (Å²) >= 11 is 0. The fourth-order valence-electron chi connectivity index (χ4n) is 2.48. The molecule has 0 aliphatic carbocycles. The van der Waals surface area contributed by atoms with E-state index in [0.29, 0.717) is 12.8 Å². The SMILES string of the molecule is CCc1cccc(C)c1NC(=O)CCc1ccc(C(=O)O)cc1. The standard InChI is InChI=1S/C19H21NO3/c1-3-15-6-4-5-13(2)18(15)20-17(21)12-9-14-7-10-16(11-8-14)19(22)23/h4-8,10-11H,3,9,12H2,1-2H3,(H,20,21)(H,22,23). The van der Waals surface area contributed by atoms with Crippen molar-refractivity contribution in [3.8, 4) is 0 Å². The number of rotatable bonds is 6.